The summed E-state index contributed by atoms with van der Waals surface area (Å²) in [6.07, 6.45) is -2.75. The lowest BCUT2D eigenvalue weighted by Gasteiger charge is -2.11. The number of carbonyl (C=O) groups is 1. The molecule has 1 aromatic carbocycles. The Hall–Kier alpha value is -1.92. The second-order valence-corrected chi connectivity index (χ2v) is 4.27. The maximum atomic E-state index is 12.0. The van der Waals surface area contributed by atoms with E-state index in [0.717, 1.165) is 12.8 Å². The van der Waals surface area contributed by atoms with Crippen LogP contribution in [0, 0.1) is 0 Å². The van der Waals surface area contributed by atoms with Crippen LogP contribution in [0.1, 0.15) is 12.8 Å². The van der Waals surface area contributed by atoms with Gasteiger partial charge in [-0.1, -0.05) is 6.07 Å². The molecular formula is C12H13F3N2O2. The first-order chi connectivity index (χ1) is 8.92. The fourth-order valence-electron chi connectivity index (χ4n) is 1.49. The Kier molecular flexibility index (Phi) is 3.82. The molecule has 0 aromatic heterocycles. The molecular weight excluding hydrogens is 261 g/mol. The van der Waals surface area contributed by atoms with Gasteiger partial charge in [0.25, 0.3) is 0 Å². The molecule has 1 aliphatic carbocycles. The van der Waals surface area contributed by atoms with Crippen LogP contribution < -0.4 is 15.4 Å². The summed E-state index contributed by atoms with van der Waals surface area (Å²) in [4.78, 5) is 11.4. The van der Waals surface area contributed by atoms with Crippen molar-refractivity contribution < 1.29 is 22.7 Å². The molecule has 2 N–H and O–H groups in total. The summed E-state index contributed by atoms with van der Waals surface area (Å²) in [6.45, 7) is 0.0198. The minimum atomic E-state index is -4.72. The Bertz CT molecular complexity index is 459. The van der Waals surface area contributed by atoms with Gasteiger partial charge in [0.15, 0.2) is 0 Å². The molecule has 2 rings (SSSR count). The van der Waals surface area contributed by atoms with Crippen molar-refractivity contribution in [2.24, 2.45) is 0 Å². The summed E-state index contributed by atoms with van der Waals surface area (Å²) in [5.74, 6) is -0.496. The first-order valence-electron chi connectivity index (χ1n) is 5.81. The maximum absolute atomic E-state index is 12.0. The van der Waals surface area contributed by atoms with Crippen molar-refractivity contribution >= 4 is 11.6 Å². The number of alkyl halides is 3. The number of carbonyl (C=O) groups excluding carboxylic acids is 1. The van der Waals surface area contributed by atoms with Crippen LogP contribution in [-0.2, 0) is 4.79 Å². The van der Waals surface area contributed by atoms with Crippen LogP contribution >= 0.6 is 0 Å². The predicted octanol–water partition coefficient (Wildman–Crippen LogP) is 2.28. The smallest absolute Gasteiger partial charge is 0.406 e. The third-order valence-corrected chi connectivity index (χ3v) is 2.46. The topological polar surface area (TPSA) is 50.4 Å². The van der Waals surface area contributed by atoms with E-state index in [1.807, 2.05) is 0 Å². The molecule has 4 nitrogen and oxygen atoms in total. The highest BCUT2D eigenvalue weighted by Gasteiger charge is 2.31. The van der Waals surface area contributed by atoms with Gasteiger partial charge in [0.05, 0.1) is 6.54 Å². The van der Waals surface area contributed by atoms with Gasteiger partial charge in [-0.3, -0.25) is 4.79 Å². The van der Waals surface area contributed by atoms with E-state index in [-0.39, 0.29) is 24.2 Å². The van der Waals surface area contributed by atoms with Crippen molar-refractivity contribution in [3.63, 3.8) is 0 Å². The van der Waals surface area contributed by atoms with Crippen molar-refractivity contribution in [1.82, 2.24) is 5.32 Å². The quantitative estimate of drug-likeness (QED) is 0.866. The summed E-state index contributed by atoms with van der Waals surface area (Å²) >= 11 is 0. The van der Waals surface area contributed by atoms with Gasteiger partial charge < -0.3 is 15.4 Å². The molecule has 0 saturated heterocycles. The molecule has 7 heteroatoms. The lowest BCUT2D eigenvalue weighted by Crippen LogP contribution is -2.31. The number of halogens is 3. The zero-order chi connectivity index (χ0) is 13.9. The summed E-state index contributed by atoms with van der Waals surface area (Å²) in [5, 5.41) is 5.51. The average Bonchev–Trinajstić information content (AvgIpc) is 3.08. The lowest BCUT2D eigenvalue weighted by atomic mass is 10.3. The number of ether oxygens (including phenoxy) is 1. The second kappa shape index (κ2) is 5.38. The molecule has 1 aromatic rings. The molecule has 104 valence electrons. The number of nitrogens with one attached hydrogen (secondary N) is 2. The summed E-state index contributed by atoms with van der Waals surface area (Å²) < 4.78 is 39.9. The first kappa shape index (κ1) is 13.5. The molecule has 0 radical (unpaired) electrons. The van der Waals surface area contributed by atoms with E-state index in [2.05, 4.69) is 15.4 Å². The van der Waals surface area contributed by atoms with Crippen LogP contribution in [0.5, 0.6) is 5.75 Å². The Morgan fingerprint density at radius 2 is 2.11 bits per heavy atom. The van der Waals surface area contributed by atoms with Gasteiger partial charge in [0.2, 0.25) is 5.91 Å². The lowest BCUT2D eigenvalue weighted by molar-refractivity contribution is -0.274. The van der Waals surface area contributed by atoms with Gasteiger partial charge in [0, 0.05) is 17.8 Å². The van der Waals surface area contributed by atoms with E-state index < -0.39 is 6.36 Å². The van der Waals surface area contributed by atoms with Gasteiger partial charge >= 0.3 is 6.36 Å². The van der Waals surface area contributed by atoms with Gasteiger partial charge in [-0.25, -0.2) is 0 Å². The molecule has 1 amide bonds. The molecule has 0 aliphatic heterocycles. The van der Waals surface area contributed by atoms with Crippen LogP contribution in [0.25, 0.3) is 0 Å². The number of hydrogen-bond acceptors (Lipinski definition) is 3. The largest absolute Gasteiger partial charge is 0.573 e. The predicted molar refractivity (Wildman–Crippen MR) is 62.8 cm³/mol. The average molecular weight is 274 g/mol. The molecule has 1 fully saturated rings. The van der Waals surface area contributed by atoms with E-state index in [4.69, 9.17) is 0 Å². The van der Waals surface area contributed by atoms with E-state index in [1.165, 1.54) is 18.2 Å². The number of benzene rings is 1. The number of hydrogen-bond donors (Lipinski definition) is 2. The summed E-state index contributed by atoms with van der Waals surface area (Å²) in [6, 6.07) is 5.63. The van der Waals surface area contributed by atoms with E-state index >= 15 is 0 Å². The van der Waals surface area contributed by atoms with Gasteiger partial charge in [0.1, 0.15) is 5.75 Å². The third-order valence-electron chi connectivity index (χ3n) is 2.46. The highest BCUT2D eigenvalue weighted by molar-refractivity contribution is 5.81. The van der Waals surface area contributed by atoms with Gasteiger partial charge in [-0.05, 0) is 25.0 Å². The Morgan fingerprint density at radius 1 is 1.37 bits per heavy atom. The normalized spacial score (nSPS) is 14.9. The minimum absolute atomic E-state index is 0.0198. The Morgan fingerprint density at radius 3 is 2.74 bits per heavy atom. The van der Waals surface area contributed by atoms with Crippen LogP contribution in [0.15, 0.2) is 24.3 Å². The highest BCUT2D eigenvalue weighted by Crippen LogP contribution is 2.25. The molecule has 0 heterocycles. The zero-order valence-corrected chi connectivity index (χ0v) is 9.96. The van der Waals surface area contributed by atoms with Crippen LogP contribution in [0.2, 0.25) is 0 Å². The molecule has 19 heavy (non-hydrogen) atoms. The molecule has 0 spiro atoms. The fourth-order valence-corrected chi connectivity index (χ4v) is 1.49. The standard InChI is InChI=1S/C12H13F3N2O2/c13-12(14,15)19-10-3-1-2-9(6-10)16-7-11(18)17-8-4-5-8/h1-3,6,8,16H,4-5,7H2,(H,17,18). The molecule has 0 bridgehead atoms. The highest BCUT2D eigenvalue weighted by atomic mass is 19.4. The van der Waals surface area contributed by atoms with Crippen molar-refractivity contribution in [2.75, 3.05) is 11.9 Å². The zero-order valence-electron chi connectivity index (χ0n) is 9.96. The fraction of sp³-hybridized carbons (Fsp3) is 0.417. The number of rotatable bonds is 5. The second-order valence-electron chi connectivity index (χ2n) is 4.27. The van der Waals surface area contributed by atoms with Crippen molar-refractivity contribution in [3.05, 3.63) is 24.3 Å². The van der Waals surface area contributed by atoms with Crippen molar-refractivity contribution in [1.29, 1.82) is 0 Å². The van der Waals surface area contributed by atoms with E-state index in [1.54, 1.807) is 6.07 Å². The summed E-state index contributed by atoms with van der Waals surface area (Å²) in [7, 11) is 0. The first-order valence-corrected chi connectivity index (χ1v) is 5.81. The molecule has 1 aliphatic rings. The van der Waals surface area contributed by atoms with E-state index in [0.29, 0.717) is 5.69 Å². The monoisotopic (exact) mass is 274 g/mol. The SMILES string of the molecule is O=C(CNc1cccc(OC(F)(F)F)c1)NC1CC1. The van der Waals surface area contributed by atoms with Crippen LogP contribution in [0.4, 0.5) is 18.9 Å². The van der Waals surface area contributed by atoms with Gasteiger partial charge in [-0.15, -0.1) is 13.2 Å². The van der Waals surface area contributed by atoms with Crippen LogP contribution in [-0.4, -0.2) is 24.9 Å². The maximum Gasteiger partial charge on any atom is 0.573 e. The summed E-state index contributed by atoms with van der Waals surface area (Å²) in [5.41, 5.74) is 0.396. The molecule has 0 unspecified atom stereocenters. The Labute approximate surface area is 107 Å². The van der Waals surface area contributed by atoms with E-state index in [9.17, 15) is 18.0 Å². The Balaban J connectivity index is 1.85. The third kappa shape index (κ3) is 5.07. The molecule has 1 saturated carbocycles. The minimum Gasteiger partial charge on any atom is -0.406 e. The number of anilines is 1. The molecule has 0 atom stereocenters. The van der Waals surface area contributed by atoms with Crippen molar-refractivity contribution in [2.45, 2.75) is 25.2 Å². The van der Waals surface area contributed by atoms with Crippen LogP contribution in [0.3, 0.4) is 0 Å². The number of amides is 1. The van der Waals surface area contributed by atoms with Gasteiger partial charge in [-0.2, -0.15) is 0 Å². The van der Waals surface area contributed by atoms with Crippen molar-refractivity contribution in [3.8, 4) is 5.75 Å².